The van der Waals surface area contributed by atoms with Crippen molar-refractivity contribution in [3.8, 4) is 0 Å². The average molecular weight is 448 g/mol. The van der Waals surface area contributed by atoms with Gasteiger partial charge in [-0.3, -0.25) is 4.79 Å². The second kappa shape index (κ2) is 9.89. The highest BCUT2D eigenvalue weighted by Gasteiger charge is 2.49. The summed E-state index contributed by atoms with van der Waals surface area (Å²) in [6.45, 7) is 4.11. The van der Waals surface area contributed by atoms with Gasteiger partial charge in [-0.2, -0.15) is 5.10 Å². The number of hydrogen-bond donors (Lipinski definition) is 1. The van der Waals surface area contributed by atoms with E-state index in [1.807, 2.05) is 31.2 Å². The zero-order valence-electron chi connectivity index (χ0n) is 17.9. The SMILES string of the molecule is CCc1cccc(C2(CCCN)SC(c3cc(F)ccc3F)=NN2C(=O)[C@H](C)OC)c1. The van der Waals surface area contributed by atoms with Gasteiger partial charge in [-0.15, -0.1) is 0 Å². The summed E-state index contributed by atoms with van der Waals surface area (Å²) in [5.41, 5.74) is 7.79. The summed E-state index contributed by atoms with van der Waals surface area (Å²) in [5.74, 6) is -1.53. The number of carbonyl (C=O) groups is 1. The van der Waals surface area contributed by atoms with E-state index in [2.05, 4.69) is 5.10 Å². The van der Waals surface area contributed by atoms with Crippen molar-refractivity contribution < 1.29 is 18.3 Å². The molecule has 0 fully saturated rings. The summed E-state index contributed by atoms with van der Waals surface area (Å²) in [4.78, 5) is 12.4. The van der Waals surface area contributed by atoms with Crippen molar-refractivity contribution in [2.75, 3.05) is 13.7 Å². The number of nitrogens with two attached hydrogens (primary N) is 1. The van der Waals surface area contributed by atoms with Gasteiger partial charge in [0.25, 0.3) is 5.91 Å². The highest BCUT2D eigenvalue weighted by atomic mass is 32.2. The van der Waals surface area contributed by atoms with Crippen LogP contribution < -0.4 is 5.73 Å². The van der Waals surface area contributed by atoms with Crippen LogP contribution in [0.4, 0.5) is 8.78 Å². The van der Waals surface area contributed by atoms with Crippen LogP contribution in [-0.2, 0) is 20.8 Å². The van der Waals surface area contributed by atoms with E-state index in [1.165, 1.54) is 23.9 Å². The third kappa shape index (κ3) is 4.66. The number of ether oxygens (including phenoxy) is 1. The molecule has 0 radical (unpaired) electrons. The maximum atomic E-state index is 14.6. The lowest BCUT2D eigenvalue weighted by Gasteiger charge is -2.37. The maximum Gasteiger partial charge on any atom is 0.273 e. The summed E-state index contributed by atoms with van der Waals surface area (Å²) < 4.78 is 33.8. The van der Waals surface area contributed by atoms with E-state index in [0.717, 1.165) is 35.7 Å². The maximum absolute atomic E-state index is 14.6. The van der Waals surface area contributed by atoms with E-state index in [1.54, 1.807) is 6.92 Å². The van der Waals surface area contributed by atoms with Crippen LogP contribution in [-0.4, -0.2) is 35.7 Å². The van der Waals surface area contributed by atoms with E-state index in [9.17, 15) is 13.6 Å². The van der Waals surface area contributed by atoms with Crippen LogP contribution in [0.5, 0.6) is 0 Å². The summed E-state index contributed by atoms with van der Waals surface area (Å²) in [7, 11) is 1.45. The van der Waals surface area contributed by atoms with Crippen molar-refractivity contribution in [3.05, 3.63) is 70.8 Å². The quantitative estimate of drug-likeness (QED) is 0.652. The number of hydrogen-bond acceptors (Lipinski definition) is 5. The van der Waals surface area contributed by atoms with E-state index >= 15 is 0 Å². The number of rotatable bonds is 8. The van der Waals surface area contributed by atoms with Crippen molar-refractivity contribution >= 4 is 22.7 Å². The number of nitrogens with zero attached hydrogens (tertiary/aromatic N) is 2. The van der Waals surface area contributed by atoms with Gasteiger partial charge in [0.2, 0.25) is 0 Å². The third-order valence-electron chi connectivity index (χ3n) is 5.37. The molecule has 2 N–H and O–H groups in total. The molecule has 1 aliphatic rings. The zero-order valence-corrected chi connectivity index (χ0v) is 18.7. The fraction of sp³-hybridized carbons (Fsp3) is 0.391. The van der Waals surface area contributed by atoms with Gasteiger partial charge in [-0.1, -0.05) is 43.0 Å². The number of hydrazone groups is 1. The van der Waals surface area contributed by atoms with Gasteiger partial charge in [0.1, 0.15) is 27.7 Å². The molecule has 0 spiro atoms. The van der Waals surface area contributed by atoms with Crippen LogP contribution in [0.2, 0.25) is 0 Å². The Kier molecular flexibility index (Phi) is 7.46. The van der Waals surface area contributed by atoms with Gasteiger partial charge in [0.05, 0.1) is 0 Å². The number of halogens is 2. The first-order valence-electron chi connectivity index (χ1n) is 10.3. The summed E-state index contributed by atoms with van der Waals surface area (Å²) in [6.07, 6.45) is 1.17. The molecule has 3 rings (SSSR count). The van der Waals surface area contributed by atoms with Crippen molar-refractivity contribution in [2.24, 2.45) is 10.8 Å². The van der Waals surface area contributed by atoms with Crippen LogP contribution in [0.1, 0.15) is 43.4 Å². The molecule has 5 nitrogen and oxygen atoms in total. The fourth-order valence-electron chi connectivity index (χ4n) is 3.52. The van der Waals surface area contributed by atoms with Crippen LogP contribution in [0.15, 0.2) is 47.6 Å². The van der Waals surface area contributed by atoms with Crippen LogP contribution >= 0.6 is 11.8 Å². The predicted molar refractivity (Wildman–Crippen MR) is 120 cm³/mol. The monoisotopic (exact) mass is 447 g/mol. The Morgan fingerprint density at radius 3 is 2.74 bits per heavy atom. The predicted octanol–water partition coefficient (Wildman–Crippen LogP) is 4.39. The highest BCUT2D eigenvalue weighted by Crippen LogP contribution is 2.51. The first kappa shape index (κ1) is 23.4. The minimum absolute atomic E-state index is 0.0224. The molecule has 8 heteroatoms. The molecule has 31 heavy (non-hydrogen) atoms. The van der Waals surface area contributed by atoms with Crippen molar-refractivity contribution in [3.63, 3.8) is 0 Å². The Labute approximate surface area is 185 Å². The molecule has 0 aromatic heterocycles. The van der Waals surface area contributed by atoms with E-state index in [0.29, 0.717) is 19.4 Å². The summed E-state index contributed by atoms with van der Waals surface area (Å²) in [6, 6.07) is 11.1. The second-order valence-electron chi connectivity index (χ2n) is 7.39. The van der Waals surface area contributed by atoms with Gasteiger partial charge < -0.3 is 10.5 Å². The Balaban J connectivity index is 2.18. The minimum atomic E-state index is -0.942. The van der Waals surface area contributed by atoms with Gasteiger partial charge in [0.15, 0.2) is 0 Å². The molecular weight excluding hydrogens is 420 g/mol. The third-order valence-corrected chi connectivity index (χ3v) is 6.82. The molecule has 2 aromatic rings. The summed E-state index contributed by atoms with van der Waals surface area (Å²) in [5, 5.41) is 6.12. The lowest BCUT2D eigenvalue weighted by Crippen LogP contribution is -2.46. The summed E-state index contributed by atoms with van der Waals surface area (Å²) >= 11 is 1.25. The molecule has 0 bridgehead atoms. The average Bonchev–Trinajstić information content (AvgIpc) is 3.18. The molecule has 1 aliphatic heterocycles. The molecule has 2 aromatic carbocycles. The Hall–Kier alpha value is -2.29. The molecular formula is C23H27F2N3O2S. The number of aryl methyl sites for hydroxylation is 1. The lowest BCUT2D eigenvalue weighted by molar-refractivity contribution is -0.144. The van der Waals surface area contributed by atoms with E-state index < -0.39 is 22.6 Å². The molecule has 0 aliphatic carbocycles. The zero-order chi connectivity index (χ0) is 22.6. The largest absolute Gasteiger partial charge is 0.372 e. The first-order chi connectivity index (χ1) is 14.9. The molecule has 1 unspecified atom stereocenters. The molecule has 1 heterocycles. The number of carbonyl (C=O) groups excluding carboxylic acids is 1. The second-order valence-corrected chi connectivity index (χ2v) is 8.66. The molecule has 166 valence electrons. The topological polar surface area (TPSA) is 67.9 Å². The van der Waals surface area contributed by atoms with Gasteiger partial charge in [-0.25, -0.2) is 13.8 Å². The van der Waals surface area contributed by atoms with E-state index in [4.69, 9.17) is 10.5 Å². The molecule has 0 saturated carbocycles. The van der Waals surface area contributed by atoms with E-state index in [-0.39, 0.29) is 16.5 Å². The van der Waals surface area contributed by atoms with Gasteiger partial charge >= 0.3 is 0 Å². The smallest absolute Gasteiger partial charge is 0.273 e. The molecule has 1 amide bonds. The van der Waals surface area contributed by atoms with Crippen LogP contribution in [0.25, 0.3) is 0 Å². The minimum Gasteiger partial charge on any atom is -0.372 e. The Morgan fingerprint density at radius 1 is 1.29 bits per heavy atom. The van der Waals surface area contributed by atoms with Gasteiger partial charge in [-0.05, 0) is 62.1 Å². The first-order valence-corrected chi connectivity index (χ1v) is 11.1. The standard InChI is InChI=1S/C23H27F2N3O2S/c1-4-16-7-5-8-17(13-16)23(11-6-12-26)28(22(29)15(2)30-3)27-21(31-23)19-14-18(24)9-10-20(19)25/h5,7-10,13-15H,4,6,11-12,26H2,1-3H3/t15-,23?/m0/s1. The Bertz CT molecular complexity index is 985. The normalized spacial score (nSPS) is 19.4. The van der Waals surface area contributed by atoms with Crippen molar-refractivity contribution in [1.82, 2.24) is 5.01 Å². The Morgan fingerprint density at radius 2 is 2.06 bits per heavy atom. The number of benzene rings is 2. The number of thioether (sulfide) groups is 1. The van der Waals surface area contributed by atoms with Gasteiger partial charge in [0, 0.05) is 12.7 Å². The van der Waals surface area contributed by atoms with Crippen molar-refractivity contribution in [2.45, 2.75) is 44.1 Å². The molecule has 2 atom stereocenters. The van der Waals surface area contributed by atoms with Crippen molar-refractivity contribution in [1.29, 1.82) is 0 Å². The highest BCUT2D eigenvalue weighted by molar-refractivity contribution is 8.15. The number of methoxy groups -OCH3 is 1. The fourth-order valence-corrected chi connectivity index (χ4v) is 4.94. The number of amides is 1. The lowest BCUT2D eigenvalue weighted by atomic mass is 9.97. The molecule has 0 saturated heterocycles. The van der Waals surface area contributed by atoms with Crippen LogP contribution in [0.3, 0.4) is 0 Å². The van der Waals surface area contributed by atoms with Crippen LogP contribution in [0, 0.1) is 11.6 Å².